The molecule has 0 N–H and O–H groups in total. The van der Waals surface area contributed by atoms with Crippen LogP contribution in [0.1, 0.15) is 44.5 Å². The molecule has 6 aromatic carbocycles. The Hall–Kier alpha value is -4.16. The Labute approximate surface area is 197 Å². The Balaban J connectivity index is 1.56. The second-order valence-corrected chi connectivity index (χ2v) is 10.0. The van der Waals surface area contributed by atoms with Crippen molar-refractivity contribution in [3.05, 3.63) is 142 Å². The minimum Gasteiger partial charge on any atom is -0.0622 e. The van der Waals surface area contributed by atoms with E-state index >= 15 is 0 Å². The molecule has 0 heteroatoms. The van der Waals surface area contributed by atoms with Crippen LogP contribution in [0, 0.1) is 0 Å². The first kappa shape index (κ1) is 17.3. The molecule has 0 heterocycles. The highest BCUT2D eigenvalue weighted by Crippen LogP contribution is 2.57. The van der Waals surface area contributed by atoms with Gasteiger partial charge in [0.05, 0.1) is 0 Å². The van der Waals surface area contributed by atoms with Crippen LogP contribution in [0.2, 0.25) is 0 Å². The zero-order chi connectivity index (χ0) is 22.0. The second-order valence-electron chi connectivity index (χ2n) is 10.0. The van der Waals surface area contributed by atoms with E-state index in [2.05, 4.69) is 97.1 Å². The van der Waals surface area contributed by atoms with E-state index in [0.717, 1.165) is 12.8 Å². The lowest BCUT2D eigenvalue weighted by molar-refractivity contribution is 1.24. The average molecular weight is 429 g/mol. The molecule has 0 saturated carbocycles. The molecule has 9 rings (SSSR count). The Bertz CT molecular complexity index is 1780. The van der Waals surface area contributed by atoms with Gasteiger partial charge in [-0.3, -0.25) is 0 Å². The van der Waals surface area contributed by atoms with Crippen LogP contribution in [-0.4, -0.2) is 0 Å². The van der Waals surface area contributed by atoms with Gasteiger partial charge in [-0.05, 0) is 101 Å². The number of hydrogen-bond acceptors (Lipinski definition) is 0. The topological polar surface area (TPSA) is 0 Å². The smallest absolute Gasteiger partial charge is 0.00106 e. The lowest BCUT2D eigenvalue weighted by Gasteiger charge is -2.16. The summed E-state index contributed by atoms with van der Waals surface area (Å²) < 4.78 is 0. The number of rotatable bonds is 2. The molecule has 0 nitrogen and oxygen atoms in total. The molecule has 0 spiro atoms. The molecule has 0 radical (unpaired) electrons. The molecule has 156 valence electrons. The Kier molecular flexibility index (Phi) is 2.98. The van der Waals surface area contributed by atoms with E-state index in [9.17, 15) is 0 Å². The van der Waals surface area contributed by atoms with Crippen molar-refractivity contribution < 1.29 is 0 Å². The van der Waals surface area contributed by atoms with Gasteiger partial charge in [0.2, 0.25) is 0 Å². The highest BCUT2D eigenvalue weighted by atomic mass is 14.4. The standard InChI is InChI=1S/C34H20/c1-3-7-19(8-4-1)27(20-9-5-2-6-10-20)32-25-15-13-23-17-21-11-12-22-18-24-14-16-26(32)34-31(24)29(22)28(21)30(23)33(25)34/h1-16H,17-18H2. The summed E-state index contributed by atoms with van der Waals surface area (Å²) in [4.78, 5) is 0. The molecule has 0 fully saturated rings. The van der Waals surface area contributed by atoms with Crippen LogP contribution >= 0.6 is 0 Å². The van der Waals surface area contributed by atoms with Gasteiger partial charge in [0, 0.05) is 0 Å². The summed E-state index contributed by atoms with van der Waals surface area (Å²) in [6.07, 6.45) is 2.13. The molecule has 0 atom stereocenters. The zero-order valence-corrected chi connectivity index (χ0v) is 18.7. The van der Waals surface area contributed by atoms with Crippen molar-refractivity contribution in [1.82, 2.24) is 0 Å². The Morgan fingerprint density at radius 1 is 0.382 bits per heavy atom. The quantitative estimate of drug-likeness (QED) is 0.243. The van der Waals surface area contributed by atoms with Crippen molar-refractivity contribution in [2.75, 3.05) is 0 Å². The maximum Gasteiger partial charge on any atom is -0.00106 e. The van der Waals surface area contributed by atoms with Crippen LogP contribution in [0.15, 0.2) is 97.1 Å². The van der Waals surface area contributed by atoms with Gasteiger partial charge in [0.1, 0.15) is 0 Å². The first-order valence-electron chi connectivity index (χ1n) is 12.2. The third-order valence-electron chi connectivity index (χ3n) is 8.39. The highest BCUT2D eigenvalue weighted by Gasteiger charge is 2.34. The van der Waals surface area contributed by atoms with E-state index < -0.39 is 0 Å². The number of benzene rings is 6. The van der Waals surface area contributed by atoms with Gasteiger partial charge in [0.15, 0.2) is 0 Å². The van der Waals surface area contributed by atoms with E-state index in [0.29, 0.717) is 0 Å². The lowest BCUT2D eigenvalue weighted by atomic mass is 9.87. The van der Waals surface area contributed by atoms with E-state index in [1.807, 2.05) is 0 Å². The van der Waals surface area contributed by atoms with Crippen LogP contribution in [0.3, 0.4) is 0 Å². The zero-order valence-electron chi connectivity index (χ0n) is 18.7. The fourth-order valence-corrected chi connectivity index (χ4v) is 7.14. The third kappa shape index (κ3) is 1.90. The normalized spacial score (nSPS) is 14.2. The highest BCUT2D eigenvalue weighted by molar-refractivity contribution is 6.38. The molecule has 0 aromatic heterocycles. The van der Waals surface area contributed by atoms with Crippen molar-refractivity contribution in [2.24, 2.45) is 0 Å². The molecular formula is C34H20. The van der Waals surface area contributed by atoms with Gasteiger partial charge < -0.3 is 0 Å². The molecule has 6 aromatic rings. The van der Waals surface area contributed by atoms with Crippen molar-refractivity contribution in [2.45, 2.75) is 12.8 Å². The first-order valence-corrected chi connectivity index (χ1v) is 12.2. The SMILES string of the molecule is c1ccc(C(=C2c3ccc4c5c6c(ccc7c6c6c(ccc2c6c35)C7)C4)c2ccccc2)cc1. The minimum absolute atomic E-state index is 1.06. The minimum atomic E-state index is 1.06. The first-order chi connectivity index (χ1) is 16.9. The fourth-order valence-electron chi connectivity index (χ4n) is 7.14. The lowest BCUT2D eigenvalue weighted by Crippen LogP contribution is -1.95. The van der Waals surface area contributed by atoms with Crippen molar-refractivity contribution >= 4 is 43.5 Å². The van der Waals surface area contributed by atoms with Gasteiger partial charge in [-0.15, -0.1) is 0 Å². The van der Waals surface area contributed by atoms with Gasteiger partial charge in [-0.1, -0.05) is 97.1 Å². The average Bonchev–Trinajstić information content (AvgIpc) is 3.54. The van der Waals surface area contributed by atoms with E-state index in [4.69, 9.17) is 0 Å². The molecule has 0 saturated heterocycles. The van der Waals surface area contributed by atoms with Crippen LogP contribution < -0.4 is 0 Å². The van der Waals surface area contributed by atoms with Crippen LogP contribution in [0.25, 0.3) is 43.5 Å². The molecule has 34 heavy (non-hydrogen) atoms. The molecular weight excluding hydrogens is 408 g/mol. The molecule has 0 unspecified atom stereocenters. The molecule has 0 amide bonds. The summed E-state index contributed by atoms with van der Waals surface area (Å²) in [6, 6.07) is 36.3. The summed E-state index contributed by atoms with van der Waals surface area (Å²) in [6.45, 7) is 0. The van der Waals surface area contributed by atoms with Crippen molar-refractivity contribution in [3.8, 4) is 0 Å². The summed E-state index contributed by atoms with van der Waals surface area (Å²) in [5, 5.41) is 9.10. The predicted molar refractivity (Wildman–Crippen MR) is 142 cm³/mol. The van der Waals surface area contributed by atoms with Crippen molar-refractivity contribution in [3.63, 3.8) is 0 Å². The van der Waals surface area contributed by atoms with Gasteiger partial charge in [-0.2, -0.15) is 0 Å². The van der Waals surface area contributed by atoms with Crippen LogP contribution in [0.5, 0.6) is 0 Å². The van der Waals surface area contributed by atoms with Gasteiger partial charge >= 0.3 is 0 Å². The van der Waals surface area contributed by atoms with Crippen LogP contribution in [0.4, 0.5) is 0 Å². The Morgan fingerprint density at radius 2 is 0.765 bits per heavy atom. The summed E-state index contributed by atoms with van der Waals surface area (Å²) in [7, 11) is 0. The third-order valence-corrected chi connectivity index (χ3v) is 8.39. The molecule has 3 aliphatic carbocycles. The monoisotopic (exact) mass is 428 g/mol. The van der Waals surface area contributed by atoms with E-state index in [-0.39, 0.29) is 0 Å². The van der Waals surface area contributed by atoms with Crippen molar-refractivity contribution in [1.29, 1.82) is 0 Å². The maximum atomic E-state index is 2.41. The predicted octanol–water partition coefficient (Wildman–Crippen LogP) is 8.28. The Morgan fingerprint density at radius 3 is 1.21 bits per heavy atom. The summed E-state index contributed by atoms with van der Waals surface area (Å²) >= 11 is 0. The molecule has 0 bridgehead atoms. The fraction of sp³-hybridized carbons (Fsp3) is 0.0588. The van der Waals surface area contributed by atoms with E-state index in [1.54, 1.807) is 0 Å². The maximum absolute atomic E-state index is 2.41. The van der Waals surface area contributed by atoms with Gasteiger partial charge in [0.25, 0.3) is 0 Å². The molecule has 3 aliphatic rings. The van der Waals surface area contributed by atoms with E-state index in [1.165, 1.54) is 88.0 Å². The van der Waals surface area contributed by atoms with Crippen LogP contribution in [-0.2, 0) is 12.8 Å². The number of hydrogen-bond donors (Lipinski definition) is 0. The second kappa shape index (κ2) is 5.85. The summed E-state index contributed by atoms with van der Waals surface area (Å²) in [5.41, 5.74) is 14.1. The largest absolute Gasteiger partial charge is 0.0622 e. The molecule has 0 aliphatic heterocycles. The van der Waals surface area contributed by atoms with Gasteiger partial charge in [-0.25, -0.2) is 0 Å². The summed E-state index contributed by atoms with van der Waals surface area (Å²) in [5.74, 6) is 0.